The van der Waals surface area contributed by atoms with Crippen molar-refractivity contribution < 1.29 is 28.5 Å². The van der Waals surface area contributed by atoms with Gasteiger partial charge in [-0.15, -0.1) is 0 Å². The topological polar surface area (TPSA) is 75.3 Å². The molecule has 0 aliphatic heterocycles. The lowest BCUT2D eigenvalue weighted by atomic mass is 10.2. The summed E-state index contributed by atoms with van der Waals surface area (Å²) < 4.78 is 28.2. The van der Waals surface area contributed by atoms with Crippen molar-refractivity contribution in [3.8, 4) is 5.75 Å². The predicted octanol–water partition coefficient (Wildman–Crippen LogP) is 2.42. The Labute approximate surface area is 168 Å². The highest BCUT2D eigenvalue weighted by molar-refractivity contribution is 14.1. The molecule has 1 rings (SSSR count). The Bertz CT molecular complexity index is 489. The van der Waals surface area contributed by atoms with Crippen LogP contribution in [0.3, 0.4) is 0 Å². The molecule has 0 saturated carbocycles. The van der Waals surface area contributed by atoms with Gasteiger partial charge in [0.05, 0.1) is 58.5 Å². The maximum absolute atomic E-state index is 10.8. The molecule has 1 aromatic carbocycles. The number of rotatable bonds is 17. The zero-order chi connectivity index (χ0) is 18.9. The van der Waals surface area contributed by atoms with E-state index in [0.29, 0.717) is 64.2 Å². The largest absolute Gasteiger partial charge is 0.489 e. The van der Waals surface area contributed by atoms with Crippen molar-refractivity contribution in [3.63, 3.8) is 0 Å². The predicted molar refractivity (Wildman–Crippen MR) is 109 cm³/mol. The highest BCUT2D eigenvalue weighted by Gasteiger charge is 2.03. The van der Waals surface area contributed by atoms with Gasteiger partial charge in [0.15, 0.2) is 0 Å². The molecular formula is C18H28INO6. The molecule has 0 fully saturated rings. The molecule has 0 heterocycles. The standard InChI is InChI=1S/C18H28INO6/c1-20-17-3-2-16(15-21)14-18(17)26-13-12-25-11-10-24-9-8-23-7-6-22-5-4-19/h2-3,14-15,20H,4-13H2,1H3. The molecule has 26 heavy (non-hydrogen) atoms. The van der Waals surface area contributed by atoms with Gasteiger partial charge in [0.2, 0.25) is 0 Å². The summed E-state index contributed by atoms with van der Waals surface area (Å²) in [5, 5.41) is 3.02. The van der Waals surface area contributed by atoms with Gasteiger partial charge in [0.25, 0.3) is 0 Å². The quantitative estimate of drug-likeness (QED) is 0.159. The number of anilines is 1. The van der Waals surface area contributed by atoms with Crippen LogP contribution in [-0.2, 0) is 18.9 Å². The second kappa shape index (κ2) is 16.2. The Kier molecular flexibility index (Phi) is 14.4. The molecule has 0 spiro atoms. The van der Waals surface area contributed by atoms with Crippen molar-refractivity contribution in [1.82, 2.24) is 0 Å². The number of halogens is 1. The molecule has 0 bridgehead atoms. The van der Waals surface area contributed by atoms with Gasteiger partial charge in [-0.25, -0.2) is 0 Å². The van der Waals surface area contributed by atoms with E-state index < -0.39 is 0 Å². The van der Waals surface area contributed by atoms with Crippen LogP contribution in [0.15, 0.2) is 18.2 Å². The molecule has 0 aliphatic carbocycles. The van der Waals surface area contributed by atoms with Crippen LogP contribution in [0.4, 0.5) is 5.69 Å². The van der Waals surface area contributed by atoms with Crippen molar-refractivity contribution in [3.05, 3.63) is 23.8 Å². The number of ether oxygens (including phenoxy) is 5. The maximum Gasteiger partial charge on any atom is 0.150 e. The Morgan fingerprint density at radius 1 is 0.885 bits per heavy atom. The average Bonchev–Trinajstić information content (AvgIpc) is 2.68. The third-order valence-corrected chi connectivity index (χ3v) is 3.67. The van der Waals surface area contributed by atoms with Crippen molar-refractivity contribution in [2.45, 2.75) is 0 Å². The number of aldehydes is 1. The normalized spacial score (nSPS) is 10.7. The zero-order valence-electron chi connectivity index (χ0n) is 15.2. The van der Waals surface area contributed by atoms with Crippen molar-refractivity contribution in [2.75, 3.05) is 76.3 Å². The molecule has 0 radical (unpaired) electrons. The molecule has 0 unspecified atom stereocenters. The summed E-state index contributed by atoms with van der Waals surface area (Å²) in [6, 6.07) is 5.25. The number of nitrogens with one attached hydrogen (secondary N) is 1. The minimum Gasteiger partial charge on any atom is -0.489 e. The Balaban J connectivity index is 1.96. The smallest absolute Gasteiger partial charge is 0.150 e. The van der Waals surface area contributed by atoms with Gasteiger partial charge in [0.1, 0.15) is 18.6 Å². The number of alkyl halides is 1. The van der Waals surface area contributed by atoms with Gasteiger partial charge in [-0.2, -0.15) is 0 Å². The van der Waals surface area contributed by atoms with Gasteiger partial charge < -0.3 is 29.0 Å². The van der Waals surface area contributed by atoms with Crippen LogP contribution in [0.2, 0.25) is 0 Å². The van der Waals surface area contributed by atoms with Crippen LogP contribution in [-0.4, -0.2) is 77.2 Å². The van der Waals surface area contributed by atoms with Crippen molar-refractivity contribution in [2.24, 2.45) is 0 Å². The van der Waals surface area contributed by atoms with Gasteiger partial charge >= 0.3 is 0 Å². The van der Waals surface area contributed by atoms with Gasteiger partial charge in [0, 0.05) is 17.0 Å². The summed E-state index contributed by atoms with van der Waals surface area (Å²) in [6.07, 6.45) is 0.793. The second-order valence-electron chi connectivity index (χ2n) is 5.11. The van der Waals surface area contributed by atoms with E-state index in [1.807, 2.05) is 6.07 Å². The fourth-order valence-corrected chi connectivity index (χ4v) is 2.28. The van der Waals surface area contributed by atoms with Crippen LogP contribution >= 0.6 is 22.6 Å². The first-order chi connectivity index (χ1) is 12.8. The van der Waals surface area contributed by atoms with E-state index in [9.17, 15) is 4.79 Å². The van der Waals surface area contributed by atoms with Crippen LogP contribution < -0.4 is 10.1 Å². The summed E-state index contributed by atoms with van der Waals surface area (Å²) in [7, 11) is 1.80. The molecule has 0 aromatic heterocycles. The average molecular weight is 481 g/mol. The molecule has 0 saturated heterocycles. The number of hydrogen-bond acceptors (Lipinski definition) is 7. The minimum atomic E-state index is 0.400. The molecule has 1 aromatic rings. The van der Waals surface area contributed by atoms with E-state index in [4.69, 9.17) is 23.7 Å². The van der Waals surface area contributed by atoms with Crippen LogP contribution in [0.1, 0.15) is 10.4 Å². The SMILES string of the molecule is CNc1ccc(C=O)cc1OCCOCCOCCOCCOCCI. The van der Waals surface area contributed by atoms with E-state index in [-0.39, 0.29) is 0 Å². The summed E-state index contributed by atoms with van der Waals surface area (Å²) in [5.74, 6) is 0.636. The van der Waals surface area contributed by atoms with Crippen molar-refractivity contribution >= 4 is 34.6 Å². The molecule has 148 valence electrons. The number of benzene rings is 1. The fourth-order valence-electron chi connectivity index (χ4n) is 1.97. The lowest BCUT2D eigenvalue weighted by Gasteiger charge is -2.12. The van der Waals surface area contributed by atoms with Gasteiger partial charge in [-0.1, -0.05) is 22.6 Å². The van der Waals surface area contributed by atoms with E-state index >= 15 is 0 Å². The van der Waals surface area contributed by atoms with Gasteiger partial charge in [-0.05, 0) is 18.2 Å². The Morgan fingerprint density at radius 3 is 1.92 bits per heavy atom. The first kappa shape index (κ1) is 23.1. The summed E-state index contributed by atoms with van der Waals surface area (Å²) in [6.45, 7) is 4.92. The van der Waals surface area contributed by atoms with E-state index in [1.54, 1.807) is 19.2 Å². The number of carbonyl (C=O) groups is 1. The molecular weight excluding hydrogens is 453 g/mol. The lowest BCUT2D eigenvalue weighted by Crippen LogP contribution is -2.14. The maximum atomic E-state index is 10.8. The molecule has 8 heteroatoms. The van der Waals surface area contributed by atoms with Crippen LogP contribution in [0.25, 0.3) is 0 Å². The Hall–Kier alpha value is -0.940. The van der Waals surface area contributed by atoms with Gasteiger partial charge in [-0.3, -0.25) is 4.79 Å². The van der Waals surface area contributed by atoms with Crippen LogP contribution in [0.5, 0.6) is 5.75 Å². The highest BCUT2D eigenvalue weighted by atomic mass is 127. The molecule has 0 amide bonds. The summed E-state index contributed by atoms with van der Waals surface area (Å²) in [5.41, 5.74) is 1.41. The second-order valence-corrected chi connectivity index (χ2v) is 6.19. The fraction of sp³-hybridized carbons (Fsp3) is 0.611. The van der Waals surface area contributed by atoms with Crippen LogP contribution in [0, 0.1) is 0 Å². The Morgan fingerprint density at radius 2 is 1.42 bits per heavy atom. The first-order valence-corrected chi connectivity index (χ1v) is 10.1. The number of hydrogen-bond donors (Lipinski definition) is 1. The van der Waals surface area contributed by atoms with Crippen molar-refractivity contribution in [1.29, 1.82) is 0 Å². The molecule has 0 atom stereocenters. The lowest BCUT2D eigenvalue weighted by molar-refractivity contribution is -0.00306. The van der Waals surface area contributed by atoms with E-state index in [1.165, 1.54) is 0 Å². The molecule has 1 N–H and O–H groups in total. The third kappa shape index (κ3) is 10.9. The zero-order valence-corrected chi connectivity index (χ0v) is 17.4. The summed E-state index contributed by atoms with van der Waals surface area (Å²) >= 11 is 2.27. The highest BCUT2D eigenvalue weighted by Crippen LogP contribution is 2.24. The van der Waals surface area contributed by atoms with E-state index in [2.05, 4.69) is 27.9 Å². The molecule has 0 aliphatic rings. The molecule has 7 nitrogen and oxygen atoms in total. The summed E-state index contributed by atoms with van der Waals surface area (Å²) in [4.78, 5) is 10.8. The minimum absolute atomic E-state index is 0.400. The monoisotopic (exact) mass is 481 g/mol. The van der Waals surface area contributed by atoms with E-state index in [0.717, 1.165) is 23.0 Å². The first-order valence-electron chi connectivity index (χ1n) is 8.58. The number of carbonyl (C=O) groups excluding carboxylic acids is 1. The third-order valence-electron chi connectivity index (χ3n) is 3.23.